The average Bonchev–Trinajstić information content (AvgIpc) is 2.77. The fourth-order valence-corrected chi connectivity index (χ4v) is 3.27. The van der Waals surface area contributed by atoms with Crippen molar-refractivity contribution in [2.75, 3.05) is 26.4 Å². The van der Waals surface area contributed by atoms with Crippen LogP contribution in [0.25, 0.3) is 0 Å². The number of rotatable bonds is 9. The Hall–Kier alpha value is -1.01. The summed E-state index contributed by atoms with van der Waals surface area (Å²) < 4.78 is 2.24. The van der Waals surface area contributed by atoms with E-state index in [1.54, 1.807) is 0 Å². The van der Waals surface area contributed by atoms with E-state index in [2.05, 4.69) is 49.3 Å². The third-order valence-corrected chi connectivity index (χ3v) is 4.16. The quantitative estimate of drug-likeness (QED) is 0.710. The van der Waals surface area contributed by atoms with Crippen LogP contribution in [0.15, 0.2) is 11.4 Å². The second-order valence-electron chi connectivity index (χ2n) is 5.98. The molecule has 0 fully saturated rings. The Kier molecular flexibility index (Phi) is 7.25. The first kappa shape index (κ1) is 18.0. The van der Waals surface area contributed by atoms with E-state index < -0.39 is 5.97 Å². The molecule has 0 aliphatic rings. The molecule has 0 aliphatic heterocycles. The molecule has 1 unspecified atom stereocenters. The van der Waals surface area contributed by atoms with Crippen molar-refractivity contribution in [3.8, 4) is 0 Å². The lowest BCUT2D eigenvalue weighted by Gasteiger charge is -2.27. The van der Waals surface area contributed by atoms with Gasteiger partial charge < -0.3 is 14.6 Å². The maximum absolute atomic E-state index is 10.8. The number of nitrogens with zero attached hydrogens (tertiary/aromatic N) is 3. The normalized spacial score (nSPS) is 13.1. The molecule has 1 aromatic heterocycles. The van der Waals surface area contributed by atoms with Gasteiger partial charge in [0, 0.05) is 24.5 Å². The van der Waals surface area contributed by atoms with Crippen molar-refractivity contribution in [1.82, 2.24) is 14.5 Å². The van der Waals surface area contributed by atoms with Crippen LogP contribution in [-0.2, 0) is 11.2 Å². The molecule has 0 aromatic carbocycles. The number of aromatic nitrogens is 2. The molecule has 0 radical (unpaired) electrons. The van der Waals surface area contributed by atoms with Gasteiger partial charge in [-0.15, -0.1) is 0 Å². The van der Waals surface area contributed by atoms with E-state index in [1.807, 2.05) is 6.20 Å². The smallest absolute Gasteiger partial charge is 0.313 e. The van der Waals surface area contributed by atoms with Crippen LogP contribution >= 0.6 is 11.8 Å². The lowest BCUT2D eigenvalue weighted by atomic mass is 10.0. The Morgan fingerprint density at radius 2 is 2.14 bits per heavy atom. The summed E-state index contributed by atoms with van der Waals surface area (Å²) in [5.41, 5.74) is 1.18. The zero-order valence-electron chi connectivity index (χ0n) is 13.7. The second-order valence-corrected chi connectivity index (χ2v) is 6.93. The van der Waals surface area contributed by atoms with E-state index >= 15 is 0 Å². The Labute approximate surface area is 131 Å². The monoisotopic (exact) mass is 313 g/mol. The number of carbonyl (C=O) groups is 1. The molecule has 0 saturated heterocycles. The summed E-state index contributed by atoms with van der Waals surface area (Å²) >= 11 is 1.31. The van der Waals surface area contributed by atoms with Crippen LogP contribution in [0.2, 0.25) is 0 Å². The SMILES string of the molecule is CCc1cnc(SCC(=O)O)n1C(CC(C)C)CN(C)C. The maximum atomic E-state index is 10.8. The summed E-state index contributed by atoms with van der Waals surface area (Å²) in [5.74, 6) is -0.170. The predicted octanol–water partition coefficient (Wildman–Crippen LogP) is 2.77. The number of carboxylic acids is 1. The number of imidazole rings is 1. The van der Waals surface area contributed by atoms with Crippen LogP contribution in [0.5, 0.6) is 0 Å². The molecule has 0 aliphatic carbocycles. The minimum atomic E-state index is -0.805. The van der Waals surface area contributed by atoms with Crippen LogP contribution in [-0.4, -0.2) is 51.9 Å². The summed E-state index contributed by atoms with van der Waals surface area (Å²) in [6.45, 7) is 7.48. The number of aliphatic carboxylic acids is 1. The van der Waals surface area contributed by atoms with Crippen molar-refractivity contribution in [3.05, 3.63) is 11.9 Å². The van der Waals surface area contributed by atoms with Crippen molar-refractivity contribution < 1.29 is 9.90 Å². The van der Waals surface area contributed by atoms with E-state index in [0.29, 0.717) is 12.0 Å². The van der Waals surface area contributed by atoms with Crippen molar-refractivity contribution in [3.63, 3.8) is 0 Å². The topological polar surface area (TPSA) is 58.4 Å². The third kappa shape index (κ3) is 5.71. The van der Waals surface area contributed by atoms with Crippen LogP contribution in [0.3, 0.4) is 0 Å². The first-order chi connectivity index (χ1) is 9.85. The van der Waals surface area contributed by atoms with E-state index in [-0.39, 0.29) is 5.75 Å². The van der Waals surface area contributed by atoms with Crippen molar-refractivity contribution in [2.24, 2.45) is 5.92 Å². The van der Waals surface area contributed by atoms with E-state index in [4.69, 9.17) is 5.11 Å². The molecule has 1 heterocycles. The molecular formula is C15H27N3O2S. The van der Waals surface area contributed by atoms with E-state index in [0.717, 1.165) is 24.5 Å². The number of carboxylic acid groups (broad SMARTS) is 1. The van der Waals surface area contributed by atoms with Crippen LogP contribution in [0.4, 0.5) is 0 Å². The number of likely N-dealkylation sites (N-methyl/N-ethyl adjacent to an activating group) is 1. The molecule has 0 spiro atoms. The molecule has 5 nitrogen and oxygen atoms in total. The number of hydrogen-bond acceptors (Lipinski definition) is 4. The minimum Gasteiger partial charge on any atom is -0.481 e. The van der Waals surface area contributed by atoms with Gasteiger partial charge in [0.25, 0.3) is 0 Å². The lowest BCUT2D eigenvalue weighted by molar-refractivity contribution is -0.133. The van der Waals surface area contributed by atoms with Gasteiger partial charge in [0.05, 0.1) is 5.75 Å². The molecule has 1 rings (SSSR count). The Bertz CT molecular complexity index is 448. The Morgan fingerprint density at radius 3 is 2.62 bits per heavy atom. The summed E-state index contributed by atoms with van der Waals surface area (Å²) in [6, 6.07) is 0.328. The predicted molar refractivity (Wildman–Crippen MR) is 87.0 cm³/mol. The number of thioether (sulfide) groups is 1. The maximum Gasteiger partial charge on any atom is 0.313 e. The van der Waals surface area contributed by atoms with Crippen LogP contribution < -0.4 is 0 Å². The third-order valence-electron chi connectivity index (χ3n) is 3.21. The van der Waals surface area contributed by atoms with Gasteiger partial charge in [-0.05, 0) is 32.9 Å². The molecule has 120 valence electrons. The van der Waals surface area contributed by atoms with E-state index in [1.165, 1.54) is 17.5 Å². The summed E-state index contributed by atoms with van der Waals surface area (Å²) in [4.78, 5) is 17.4. The number of aryl methyl sites for hydroxylation is 1. The number of hydrogen-bond donors (Lipinski definition) is 1. The molecular weight excluding hydrogens is 286 g/mol. The Balaban J connectivity index is 3.07. The largest absolute Gasteiger partial charge is 0.481 e. The minimum absolute atomic E-state index is 0.0521. The summed E-state index contributed by atoms with van der Waals surface area (Å²) in [5, 5.41) is 9.71. The van der Waals surface area contributed by atoms with Gasteiger partial charge in [-0.1, -0.05) is 32.5 Å². The fourth-order valence-electron chi connectivity index (χ4n) is 2.49. The van der Waals surface area contributed by atoms with Gasteiger partial charge in [0.15, 0.2) is 5.16 Å². The van der Waals surface area contributed by atoms with Crippen LogP contribution in [0.1, 0.15) is 38.9 Å². The van der Waals surface area contributed by atoms with Gasteiger partial charge in [-0.2, -0.15) is 0 Å². The molecule has 1 aromatic rings. The highest BCUT2D eigenvalue weighted by molar-refractivity contribution is 7.99. The molecule has 6 heteroatoms. The molecule has 1 N–H and O–H groups in total. The van der Waals surface area contributed by atoms with Crippen molar-refractivity contribution >= 4 is 17.7 Å². The highest BCUT2D eigenvalue weighted by Gasteiger charge is 2.21. The first-order valence-electron chi connectivity index (χ1n) is 7.40. The van der Waals surface area contributed by atoms with Gasteiger partial charge >= 0.3 is 5.97 Å². The average molecular weight is 313 g/mol. The fraction of sp³-hybridized carbons (Fsp3) is 0.733. The molecule has 1 atom stereocenters. The zero-order valence-corrected chi connectivity index (χ0v) is 14.5. The van der Waals surface area contributed by atoms with Gasteiger partial charge in [0.1, 0.15) is 0 Å². The molecule has 0 bridgehead atoms. The molecule has 0 saturated carbocycles. The lowest BCUT2D eigenvalue weighted by Crippen LogP contribution is -2.27. The van der Waals surface area contributed by atoms with Crippen molar-refractivity contribution in [1.29, 1.82) is 0 Å². The second kappa shape index (κ2) is 8.44. The molecule has 21 heavy (non-hydrogen) atoms. The standard InChI is InChI=1S/C15H27N3O2S/c1-6-12-8-16-15(21-10-14(19)20)18(12)13(7-11(2)3)9-17(4)5/h8,11,13H,6-7,9-10H2,1-5H3,(H,19,20). The van der Waals surface area contributed by atoms with Gasteiger partial charge in [-0.3, -0.25) is 4.79 Å². The highest BCUT2D eigenvalue weighted by atomic mass is 32.2. The molecule has 0 amide bonds. The van der Waals surface area contributed by atoms with Gasteiger partial charge in [0.2, 0.25) is 0 Å². The summed E-state index contributed by atoms with van der Waals surface area (Å²) in [7, 11) is 4.14. The summed E-state index contributed by atoms with van der Waals surface area (Å²) in [6.07, 6.45) is 3.85. The zero-order chi connectivity index (χ0) is 16.0. The van der Waals surface area contributed by atoms with Crippen LogP contribution in [0, 0.1) is 5.92 Å². The first-order valence-corrected chi connectivity index (χ1v) is 8.39. The van der Waals surface area contributed by atoms with Crippen molar-refractivity contribution in [2.45, 2.75) is 44.8 Å². The van der Waals surface area contributed by atoms with Gasteiger partial charge in [-0.25, -0.2) is 4.98 Å². The highest BCUT2D eigenvalue weighted by Crippen LogP contribution is 2.28. The Morgan fingerprint density at radius 1 is 1.48 bits per heavy atom. The van der Waals surface area contributed by atoms with E-state index in [9.17, 15) is 4.79 Å².